The van der Waals surface area contributed by atoms with Crippen molar-refractivity contribution >= 4 is 29.5 Å². The summed E-state index contributed by atoms with van der Waals surface area (Å²) in [5, 5.41) is 30.6. The molecule has 8 N–H and O–H groups in total. The number of carbonyl (C=O) groups is 1. The highest BCUT2D eigenvalue weighted by Crippen LogP contribution is 2.40. The van der Waals surface area contributed by atoms with Crippen LogP contribution in [0.25, 0.3) is 0 Å². The van der Waals surface area contributed by atoms with Gasteiger partial charge in [-0.05, 0) is 69.6 Å². The number of amidine groups is 2. The first-order chi connectivity index (χ1) is 21.4. The molecule has 3 aromatic rings. The minimum atomic E-state index is -1.29. The van der Waals surface area contributed by atoms with Gasteiger partial charge in [-0.25, -0.2) is 14.2 Å². The standard InChI is InChI=1S/C30H34F2N8O5/c1-16(33)36-10-4-3-5-21(30(42)43)39-18-7-9-23(19(14-18)28-37-11-12-40(28)2)44-26-20(31)15-38-29(25(26)32)45-24-13-17(27(34)35)6-8-22(24)41/h6-9,11,13-15,21,28,39,41H,3-5,10,12H2,1-2H3,(H2,33,36)(H3,34,35)(H,42,43). The molecule has 238 valence electrons. The molecule has 0 bridgehead atoms. The van der Waals surface area contributed by atoms with Gasteiger partial charge in [-0.3, -0.25) is 20.3 Å². The number of pyridine rings is 1. The number of phenols is 1. The maximum Gasteiger partial charge on any atom is 0.326 e. The second kappa shape index (κ2) is 14.4. The van der Waals surface area contributed by atoms with Crippen molar-refractivity contribution in [2.24, 2.45) is 21.5 Å². The van der Waals surface area contributed by atoms with Gasteiger partial charge in [-0.1, -0.05) is 0 Å². The number of nitrogens with zero attached hydrogens (tertiary/aromatic N) is 4. The Morgan fingerprint density at radius 1 is 1.20 bits per heavy atom. The lowest BCUT2D eigenvalue weighted by Gasteiger charge is -2.23. The van der Waals surface area contributed by atoms with Crippen molar-refractivity contribution in [1.82, 2.24) is 9.88 Å². The highest BCUT2D eigenvalue weighted by Gasteiger charge is 2.27. The molecule has 2 unspecified atom stereocenters. The second-order valence-electron chi connectivity index (χ2n) is 10.3. The van der Waals surface area contributed by atoms with Gasteiger partial charge >= 0.3 is 5.97 Å². The summed E-state index contributed by atoms with van der Waals surface area (Å²) in [6.07, 6.45) is 3.37. The highest BCUT2D eigenvalue weighted by atomic mass is 19.1. The molecule has 1 aliphatic rings. The molecule has 0 spiro atoms. The number of aromatic hydroxyl groups is 1. The smallest absolute Gasteiger partial charge is 0.326 e. The van der Waals surface area contributed by atoms with E-state index in [4.69, 9.17) is 26.4 Å². The number of phenolic OH excluding ortho intramolecular Hbond substituents is 1. The summed E-state index contributed by atoms with van der Waals surface area (Å²) in [4.78, 5) is 26.1. The Balaban J connectivity index is 1.62. The molecule has 2 heterocycles. The van der Waals surface area contributed by atoms with Crippen molar-refractivity contribution in [3.8, 4) is 28.9 Å². The molecule has 0 saturated carbocycles. The first kappa shape index (κ1) is 32.6. The quantitative estimate of drug-likeness (QED) is 0.0849. The average molecular weight is 625 g/mol. The molecular weight excluding hydrogens is 590 g/mol. The van der Waals surface area contributed by atoms with Crippen LogP contribution >= 0.6 is 0 Å². The fourth-order valence-corrected chi connectivity index (χ4v) is 4.49. The van der Waals surface area contributed by atoms with Crippen LogP contribution in [0.1, 0.15) is 43.5 Å². The largest absolute Gasteiger partial charge is 0.504 e. The molecule has 1 aliphatic heterocycles. The number of carboxylic acids is 1. The third-order valence-corrected chi connectivity index (χ3v) is 6.81. The van der Waals surface area contributed by atoms with E-state index < -0.39 is 41.4 Å². The Kier molecular flexibility index (Phi) is 10.5. The van der Waals surface area contributed by atoms with E-state index in [0.717, 1.165) is 0 Å². The molecule has 0 amide bonds. The molecule has 4 rings (SSSR count). The summed E-state index contributed by atoms with van der Waals surface area (Å²) in [6, 6.07) is 7.49. The fourth-order valence-electron chi connectivity index (χ4n) is 4.49. The lowest BCUT2D eigenvalue weighted by molar-refractivity contribution is -0.138. The molecular formula is C30H34F2N8O5. The lowest BCUT2D eigenvalue weighted by atomic mass is 10.1. The van der Waals surface area contributed by atoms with Gasteiger partial charge in [0.15, 0.2) is 17.3 Å². The van der Waals surface area contributed by atoms with Crippen LogP contribution in [0.3, 0.4) is 0 Å². The van der Waals surface area contributed by atoms with Gasteiger partial charge in [0.25, 0.3) is 5.88 Å². The summed E-state index contributed by atoms with van der Waals surface area (Å²) in [6.45, 7) is 2.69. The molecule has 0 aliphatic carbocycles. The molecule has 2 aromatic carbocycles. The minimum Gasteiger partial charge on any atom is -0.504 e. The Hall–Kier alpha value is -5.31. The van der Waals surface area contributed by atoms with Gasteiger partial charge in [-0.2, -0.15) is 4.39 Å². The lowest BCUT2D eigenvalue weighted by Crippen LogP contribution is -2.29. The summed E-state index contributed by atoms with van der Waals surface area (Å²) in [7, 11) is 1.80. The van der Waals surface area contributed by atoms with Crippen LogP contribution in [0.5, 0.6) is 28.9 Å². The Morgan fingerprint density at radius 2 is 1.98 bits per heavy atom. The zero-order chi connectivity index (χ0) is 32.7. The number of halogens is 2. The topological polar surface area (TPSA) is 205 Å². The van der Waals surface area contributed by atoms with Gasteiger partial charge in [0.05, 0.1) is 12.0 Å². The zero-order valence-corrected chi connectivity index (χ0v) is 24.6. The number of hydrogen-bond acceptors (Lipinski definition) is 10. The molecule has 45 heavy (non-hydrogen) atoms. The van der Waals surface area contributed by atoms with Crippen molar-refractivity contribution in [1.29, 1.82) is 5.41 Å². The SMILES string of the molecule is CC(N)=NCCCCC(Nc1ccc(Oc2c(F)cnc(Oc3cc(C(=N)N)ccc3O)c2F)c(C2N=CCN2C)c1)C(=O)O. The first-order valence-electron chi connectivity index (χ1n) is 13.9. The number of benzene rings is 2. The van der Waals surface area contributed by atoms with Crippen LogP contribution in [0.2, 0.25) is 0 Å². The maximum absolute atomic E-state index is 15.6. The number of ether oxygens (including phenoxy) is 2. The monoisotopic (exact) mass is 624 g/mol. The van der Waals surface area contributed by atoms with E-state index in [1.807, 2.05) is 4.90 Å². The number of rotatable bonds is 14. The van der Waals surface area contributed by atoms with Gasteiger partial charge in [0.2, 0.25) is 11.6 Å². The summed E-state index contributed by atoms with van der Waals surface area (Å²) in [5.74, 6) is -5.44. The van der Waals surface area contributed by atoms with E-state index in [0.29, 0.717) is 55.6 Å². The van der Waals surface area contributed by atoms with Crippen LogP contribution in [0.4, 0.5) is 14.5 Å². The Labute approximate surface area is 257 Å². The number of hydrogen-bond donors (Lipinski definition) is 6. The first-order valence-corrected chi connectivity index (χ1v) is 13.9. The number of nitrogens with one attached hydrogen (secondary N) is 2. The zero-order valence-electron chi connectivity index (χ0n) is 24.6. The predicted octanol–water partition coefficient (Wildman–Crippen LogP) is 4.36. The Morgan fingerprint density at radius 3 is 2.64 bits per heavy atom. The Bertz CT molecular complexity index is 1630. The summed E-state index contributed by atoms with van der Waals surface area (Å²) >= 11 is 0. The van der Waals surface area contributed by atoms with Crippen LogP contribution in [0, 0.1) is 17.0 Å². The van der Waals surface area contributed by atoms with E-state index in [2.05, 4.69) is 20.3 Å². The fraction of sp³-hybridized carbons (Fsp3) is 0.300. The number of nitrogen functional groups attached to an aromatic ring is 1. The van der Waals surface area contributed by atoms with Gasteiger partial charge in [-0.15, -0.1) is 0 Å². The normalized spacial score (nSPS) is 15.6. The van der Waals surface area contributed by atoms with Crippen LogP contribution < -0.4 is 26.3 Å². The maximum atomic E-state index is 15.6. The van der Waals surface area contributed by atoms with E-state index in [9.17, 15) is 19.4 Å². The molecule has 1 aromatic heterocycles. The number of aromatic nitrogens is 1. The molecule has 2 atom stereocenters. The number of nitrogens with two attached hydrogens (primary N) is 2. The van der Waals surface area contributed by atoms with Crippen molar-refractivity contribution in [3.05, 3.63) is 65.4 Å². The number of aliphatic carboxylic acids is 1. The van der Waals surface area contributed by atoms with Gasteiger partial charge in [0.1, 0.15) is 23.8 Å². The molecule has 15 heteroatoms. The van der Waals surface area contributed by atoms with Crippen molar-refractivity contribution in [2.45, 2.75) is 38.4 Å². The van der Waals surface area contributed by atoms with E-state index in [1.165, 1.54) is 30.3 Å². The number of aliphatic imine (C=N–C) groups is 2. The number of unbranched alkanes of at least 4 members (excludes halogenated alkanes) is 1. The third kappa shape index (κ3) is 8.20. The van der Waals surface area contributed by atoms with Crippen molar-refractivity contribution in [2.75, 3.05) is 25.5 Å². The summed E-state index contributed by atoms with van der Waals surface area (Å²) in [5.41, 5.74) is 12.1. The van der Waals surface area contributed by atoms with Crippen LogP contribution in [-0.2, 0) is 4.79 Å². The molecule has 0 saturated heterocycles. The molecule has 13 nitrogen and oxygen atoms in total. The van der Waals surface area contributed by atoms with Gasteiger partial charge in [0, 0.05) is 36.1 Å². The number of carboxylic acid groups (broad SMARTS) is 1. The molecule has 0 radical (unpaired) electrons. The third-order valence-electron chi connectivity index (χ3n) is 6.81. The number of anilines is 1. The minimum absolute atomic E-state index is 0.0507. The van der Waals surface area contributed by atoms with Crippen molar-refractivity contribution in [3.63, 3.8) is 0 Å². The van der Waals surface area contributed by atoms with Crippen LogP contribution in [-0.4, -0.2) is 70.1 Å². The highest BCUT2D eigenvalue weighted by molar-refractivity contribution is 5.95. The molecule has 0 fully saturated rings. The van der Waals surface area contributed by atoms with E-state index in [-0.39, 0.29) is 28.6 Å². The predicted molar refractivity (Wildman–Crippen MR) is 165 cm³/mol. The summed E-state index contributed by atoms with van der Waals surface area (Å²) < 4.78 is 41.7. The van der Waals surface area contributed by atoms with Crippen LogP contribution in [0.15, 0.2) is 52.6 Å². The van der Waals surface area contributed by atoms with E-state index >= 15 is 4.39 Å². The van der Waals surface area contributed by atoms with Gasteiger partial charge < -0.3 is 36.5 Å². The van der Waals surface area contributed by atoms with Crippen molar-refractivity contribution < 1.29 is 33.3 Å². The second-order valence-corrected chi connectivity index (χ2v) is 10.3. The average Bonchev–Trinajstić information content (AvgIpc) is 3.42. The van der Waals surface area contributed by atoms with E-state index in [1.54, 1.807) is 26.3 Å².